The number of hydrogen-bond donors (Lipinski definition) is 13. The molecule has 2 heterocycles. The molecule has 16 atom stereocenters. The van der Waals surface area contributed by atoms with Crippen LogP contribution in [0.1, 0.15) is 56.1 Å². The normalized spacial score (nSPS) is 35.3. The van der Waals surface area contributed by atoms with Crippen LogP contribution in [0.3, 0.4) is 0 Å². The van der Waals surface area contributed by atoms with Crippen molar-refractivity contribution in [1.82, 2.24) is 0 Å². The molecule has 2 aliphatic carbocycles. The lowest BCUT2D eigenvalue weighted by molar-refractivity contribution is -0.302. The van der Waals surface area contributed by atoms with Crippen LogP contribution in [-0.2, 0) is 47.6 Å². The fraction of sp³-hybridized carbons (Fsp3) is 0.560. The van der Waals surface area contributed by atoms with Crippen molar-refractivity contribution in [2.45, 2.75) is 119 Å². The van der Waals surface area contributed by atoms with E-state index in [1.54, 1.807) is 0 Å². The van der Waals surface area contributed by atoms with Gasteiger partial charge in [0, 0.05) is 0 Å². The standard InChI is InChI=1S/C50H64O23/c51-20-35-39(60)41(62)43(64)47(72-35)68-13-11-49(24-53)9-7-28(18-37(49)58)22-70-45(66)31(15-26-1-4-30(55)5-2-26)32(16-27-3-6-33(56)34(57)17-27)46(67)71-23-29-8-10-50(25-54,38(59)19-29)12-14-69-48-44(65)42(63)40(61)36(21-52)73-48/h1-6,11,13,15-17,24-25,28-29,35-44,47-48,51-52,55-65H,7-10,12,14,18-23H2. The lowest BCUT2D eigenvalue weighted by Gasteiger charge is -2.42. The summed E-state index contributed by atoms with van der Waals surface area (Å²) in [5.74, 6) is -4.31. The lowest BCUT2D eigenvalue weighted by Crippen LogP contribution is -2.59. The Labute approximate surface area is 418 Å². The molecule has 4 fully saturated rings. The van der Waals surface area contributed by atoms with Crippen molar-refractivity contribution >= 4 is 36.7 Å². The highest BCUT2D eigenvalue weighted by molar-refractivity contribution is 6.12. The van der Waals surface area contributed by atoms with Crippen molar-refractivity contribution in [3.05, 3.63) is 77.1 Å². The molecule has 402 valence electrons. The van der Waals surface area contributed by atoms with Crippen molar-refractivity contribution in [2.75, 3.05) is 33.0 Å². The van der Waals surface area contributed by atoms with Crippen LogP contribution in [0.5, 0.6) is 17.2 Å². The smallest absolute Gasteiger partial charge is 0.339 e. The Morgan fingerprint density at radius 2 is 1.16 bits per heavy atom. The molecule has 0 amide bonds. The number of carbonyl (C=O) groups excluding carboxylic acids is 4. The number of phenolic OH excluding ortho intramolecular Hbond substituents is 3. The monoisotopic (exact) mass is 1030 g/mol. The van der Waals surface area contributed by atoms with Crippen molar-refractivity contribution in [1.29, 1.82) is 0 Å². The van der Waals surface area contributed by atoms with Crippen molar-refractivity contribution in [2.24, 2.45) is 22.7 Å². The highest BCUT2D eigenvalue weighted by Crippen LogP contribution is 2.42. The number of aliphatic hydroxyl groups is 10. The predicted molar refractivity (Wildman–Crippen MR) is 248 cm³/mol. The second-order valence-electron chi connectivity index (χ2n) is 19.0. The number of esters is 2. The van der Waals surface area contributed by atoms with E-state index in [0.717, 1.165) is 18.4 Å². The van der Waals surface area contributed by atoms with Crippen LogP contribution < -0.4 is 0 Å². The summed E-state index contributed by atoms with van der Waals surface area (Å²) >= 11 is 0. The van der Waals surface area contributed by atoms with E-state index in [2.05, 4.69) is 0 Å². The Hall–Kier alpha value is -5.38. The minimum atomic E-state index is -1.72. The van der Waals surface area contributed by atoms with Crippen LogP contribution in [0.25, 0.3) is 12.2 Å². The summed E-state index contributed by atoms with van der Waals surface area (Å²) in [4.78, 5) is 53.5. The number of rotatable bonds is 20. The fourth-order valence-corrected chi connectivity index (χ4v) is 9.31. The molecule has 23 nitrogen and oxygen atoms in total. The van der Waals surface area contributed by atoms with Crippen LogP contribution in [0, 0.1) is 22.7 Å². The third-order valence-electron chi connectivity index (χ3n) is 14.1. The van der Waals surface area contributed by atoms with Gasteiger partial charge in [0.25, 0.3) is 0 Å². The van der Waals surface area contributed by atoms with Gasteiger partial charge in [-0.15, -0.1) is 0 Å². The van der Waals surface area contributed by atoms with Gasteiger partial charge in [0.15, 0.2) is 17.8 Å². The topological polar surface area (TPSA) is 387 Å². The summed E-state index contributed by atoms with van der Waals surface area (Å²) in [5, 5.41) is 133. The summed E-state index contributed by atoms with van der Waals surface area (Å²) in [5.41, 5.74) is -3.16. The summed E-state index contributed by atoms with van der Waals surface area (Å²) in [6.45, 7) is -2.25. The zero-order valence-corrected chi connectivity index (χ0v) is 39.5. The van der Waals surface area contributed by atoms with E-state index in [9.17, 15) is 85.6 Å². The molecule has 0 aromatic heterocycles. The molecule has 2 aromatic carbocycles. The van der Waals surface area contributed by atoms with Gasteiger partial charge in [0.2, 0.25) is 6.29 Å². The quantitative estimate of drug-likeness (QED) is 0.0181. The Morgan fingerprint density at radius 3 is 1.70 bits per heavy atom. The molecule has 4 aliphatic rings. The number of hydrogen-bond acceptors (Lipinski definition) is 23. The molecular formula is C50H64O23. The number of carbonyl (C=O) groups is 4. The number of aliphatic hydroxyl groups excluding tert-OH is 10. The molecule has 13 N–H and O–H groups in total. The molecule has 2 saturated carbocycles. The Kier molecular flexibility index (Phi) is 19.7. The van der Waals surface area contributed by atoms with E-state index in [0.29, 0.717) is 18.1 Å². The number of aldehydes is 2. The van der Waals surface area contributed by atoms with Gasteiger partial charge in [-0.3, -0.25) is 0 Å². The highest BCUT2D eigenvalue weighted by Gasteiger charge is 2.48. The van der Waals surface area contributed by atoms with Crippen molar-refractivity contribution in [3.8, 4) is 17.2 Å². The second-order valence-corrected chi connectivity index (χ2v) is 19.0. The SMILES string of the molecule is O=CC1(C=COC2OC(CO)C(O)C(O)C2O)CCC(COC(=O)C(=Cc2ccc(O)cc2)C(=Cc2ccc(O)c(O)c2)C(=O)OCC2CCC(C=O)(CCOC3OC(CO)C(O)C(O)C3O)C(O)C2)CC1O. The first-order valence-electron chi connectivity index (χ1n) is 23.7. The first-order valence-corrected chi connectivity index (χ1v) is 23.7. The summed E-state index contributed by atoms with van der Waals surface area (Å²) in [7, 11) is 0. The van der Waals surface area contributed by atoms with Crippen LogP contribution in [0.2, 0.25) is 0 Å². The van der Waals surface area contributed by atoms with Crippen LogP contribution in [-0.4, -0.2) is 198 Å². The van der Waals surface area contributed by atoms with E-state index < -0.39 is 133 Å². The number of aromatic hydroxyl groups is 3. The molecule has 0 bridgehead atoms. The van der Waals surface area contributed by atoms with E-state index in [1.165, 1.54) is 48.6 Å². The van der Waals surface area contributed by atoms with Gasteiger partial charge in [0.1, 0.15) is 67.2 Å². The van der Waals surface area contributed by atoms with Crippen LogP contribution >= 0.6 is 0 Å². The van der Waals surface area contributed by atoms with Crippen molar-refractivity contribution in [3.63, 3.8) is 0 Å². The molecule has 23 heteroatoms. The Bertz CT molecular complexity index is 2280. The third kappa shape index (κ3) is 13.5. The maximum absolute atomic E-state index is 14.3. The van der Waals surface area contributed by atoms with Gasteiger partial charge in [-0.2, -0.15) is 0 Å². The van der Waals surface area contributed by atoms with Gasteiger partial charge < -0.3 is 104 Å². The highest BCUT2D eigenvalue weighted by atomic mass is 16.7. The molecule has 16 unspecified atom stereocenters. The van der Waals surface area contributed by atoms with E-state index >= 15 is 0 Å². The van der Waals surface area contributed by atoms with Gasteiger partial charge in [0.05, 0.1) is 73.5 Å². The molecule has 73 heavy (non-hydrogen) atoms. The summed E-state index contributed by atoms with van der Waals surface area (Å²) in [6.07, 6.45) is -11.9. The van der Waals surface area contributed by atoms with E-state index in [4.69, 9.17) is 28.4 Å². The van der Waals surface area contributed by atoms with Gasteiger partial charge in [-0.1, -0.05) is 18.2 Å². The molecule has 0 spiro atoms. The molecule has 6 rings (SSSR count). The predicted octanol–water partition coefficient (Wildman–Crippen LogP) is -1.41. The first-order chi connectivity index (χ1) is 34.8. The molecular weight excluding hydrogens is 969 g/mol. The number of benzene rings is 2. The lowest BCUT2D eigenvalue weighted by atomic mass is 9.67. The van der Waals surface area contributed by atoms with E-state index in [-0.39, 0.29) is 87.2 Å². The first kappa shape index (κ1) is 56.9. The Morgan fingerprint density at radius 1 is 0.630 bits per heavy atom. The van der Waals surface area contributed by atoms with Gasteiger partial charge in [-0.25, -0.2) is 9.59 Å². The minimum Gasteiger partial charge on any atom is -0.508 e. The molecule has 2 aromatic rings. The molecule has 2 aliphatic heterocycles. The average Bonchev–Trinajstić information content (AvgIpc) is 3.38. The van der Waals surface area contributed by atoms with Crippen molar-refractivity contribution < 1.29 is 114 Å². The number of ether oxygens (including phenoxy) is 6. The maximum atomic E-state index is 14.3. The minimum absolute atomic E-state index is 0.0201. The maximum Gasteiger partial charge on any atom is 0.339 e. The van der Waals surface area contributed by atoms with E-state index in [1.807, 2.05) is 0 Å². The summed E-state index contributed by atoms with van der Waals surface area (Å²) in [6, 6.07) is 9.16. The zero-order chi connectivity index (χ0) is 53.2. The zero-order valence-electron chi connectivity index (χ0n) is 39.5. The second kappa shape index (κ2) is 25.2. The van der Waals surface area contributed by atoms with Gasteiger partial charge in [-0.05, 0) is 110 Å². The number of phenols is 3. The van der Waals surface area contributed by atoms with Gasteiger partial charge >= 0.3 is 11.9 Å². The largest absolute Gasteiger partial charge is 0.508 e. The van der Waals surface area contributed by atoms with Crippen LogP contribution in [0.4, 0.5) is 0 Å². The third-order valence-corrected chi connectivity index (χ3v) is 14.1. The molecule has 0 radical (unpaired) electrons. The fourth-order valence-electron chi connectivity index (χ4n) is 9.31. The van der Waals surface area contributed by atoms with Crippen LogP contribution in [0.15, 0.2) is 65.9 Å². The Balaban J connectivity index is 1.14. The summed E-state index contributed by atoms with van der Waals surface area (Å²) < 4.78 is 33.2. The average molecular weight is 1030 g/mol. The molecule has 2 saturated heterocycles.